The molecule has 7 heteroatoms. The van der Waals surface area contributed by atoms with Gasteiger partial charge in [0.05, 0.1) is 15.6 Å². The number of aryl methyl sites for hydroxylation is 1. The van der Waals surface area contributed by atoms with Gasteiger partial charge >= 0.3 is 0 Å². The number of furan rings is 1. The average Bonchev–Trinajstić information content (AvgIpc) is 3.20. The number of hydrogen-bond donors (Lipinski definition) is 0. The molecule has 2 heterocycles. The predicted molar refractivity (Wildman–Crippen MR) is 121 cm³/mol. The second-order valence-corrected chi connectivity index (χ2v) is 8.70. The molecule has 0 spiro atoms. The molecule has 0 aliphatic carbocycles. The number of thiocarbonyl (C=S) groups is 1. The van der Waals surface area contributed by atoms with Crippen molar-refractivity contribution in [3.05, 3.63) is 80.9 Å². The monoisotopic (exact) mass is 445 g/mol. The van der Waals surface area contributed by atoms with Crippen molar-refractivity contribution in [2.75, 3.05) is 4.90 Å². The Morgan fingerprint density at radius 3 is 2.68 bits per heavy atom. The van der Waals surface area contributed by atoms with E-state index in [2.05, 4.69) is 0 Å². The Balaban J connectivity index is 1.62. The van der Waals surface area contributed by atoms with Crippen molar-refractivity contribution in [3.63, 3.8) is 0 Å². The van der Waals surface area contributed by atoms with Gasteiger partial charge in [-0.25, -0.2) is 0 Å². The molecular weight excluding hydrogens is 433 g/mol. The highest BCUT2D eigenvalue weighted by atomic mass is 35.5. The van der Waals surface area contributed by atoms with Crippen LogP contribution in [0.3, 0.4) is 0 Å². The van der Waals surface area contributed by atoms with Crippen LogP contribution in [0.1, 0.15) is 11.3 Å². The highest BCUT2D eigenvalue weighted by Gasteiger charge is 2.33. The van der Waals surface area contributed by atoms with E-state index in [0.29, 0.717) is 30.8 Å². The van der Waals surface area contributed by atoms with Crippen molar-refractivity contribution in [2.45, 2.75) is 6.92 Å². The van der Waals surface area contributed by atoms with Gasteiger partial charge in [0.15, 0.2) is 4.32 Å². The van der Waals surface area contributed by atoms with Crippen LogP contribution in [-0.2, 0) is 4.79 Å². The Kier molecular flexibility index (Phi) is 5.34. The van der Waals surface area contributed by atoms with Crippen molar-refractivity contribution in [3.8, 4) is 11.3 Å². The molecule has 3 aromatic rings. The number of thioether (sulfide) groups is 1. The van der Waals surface area contributed by atoms with Crippen LogP contribution in [0.4, 0.5) is 5.69 Å². The van der Waals surface area contributed by atoms with E-state index in [1.165, 1.54) is 11.8 Å². The molecule has 0 N–H and O–H groups in total. The minimum absolute atomic E-state index is 0.164. The molecule has 0 saturated carbocycles. The van der Waals surface area contributed by atoms with Crippen LogP contribution in [0.25, 0.3) is 17.4 Å². The van der Waals surface area contributed by atoms with Crippen molar-refractivity contribution in [2.24, 2.45) is 0 Å². The van der Waals surface area contributed by atoms with Gasteiger partial charge in [-0.05, 0) is 55.0 Å². The number of nitrogens with zero attached hydrogens (tertiary/aromatic N) is 1. The minimum Gasteiger partial charge on any atom is -0.457 e. The van der Waals surface area contributed by atoms with E-state index in [-0.39, 0.29) is 5.91 Å². The number of carbonyl (C=O) groups is 1. The zero-order chi connectivity index (χ0) is 19.8. The molecule has 3 nitrogen and oxygen atoms in total. The van der Waals surface area contributed by atoms with Crippen molar-refractivity contribution in [1.29, 1.82) is 0 Å². The maximum absolute atomic E-state index is 12.9. The molecule has 1 aliphatic rings. The van der Waals surface area contributed by atoms with Crippen molar-refractivity contribution < 1.29 is 9.21 Å². The Morgan fingerprint density at radius 2 is 1.93 bits per heavy atom. The SMILES string of the molecule is Cc1cccc(N2C(=O)/C(=C\c3ccc(-c4ccc(Cl)cc4Cl)o3)SC2=S)c1. The van der Waals surface area contributed by atoms with Gasteiger partial charge in [0.1, 0.15) is 11.5 Å². The summed E-state index contributed by atoms with van der Waals surface area (Å²) in [5, 5.41) is 1.06. The van der Waals surface area contributed by atoms with Crippen LogP contribution in [0.15, 0.2) is 63.9 Å². The first-order chi connectivity index (χ1) is 13.4. The Morgan fingerprint density at radius 1 is 1.11 bits per heavy atom. The van der Waals surface area contributed by atoms with Crippen molar-refractivity contribution >= 4 is 69.2 Å². The average molecular weight is 446 g/mol. The first-order valence-electron chi connectivity index (χ1n) is 8.32. The molecule has 1 fully saturated rings. The molecule has 0 unspecified atom stereocenters. The lowest BCUT2D eigenvalue weighted by Crippen LogP contribution is -2.27. The molecule has 0 atom stereocenters. The summed E-state index contributed by atoms with van der Waals surface area (Å²) >= 11 is 18.9. The number of hydrogen-bond acceptors (Lipinski definition) is 4. The minimum atomic E-state index is -0.164. The normalized spacial score (nSPS) is 15.7. The van der Waals surface area contributed by atoms with Gasteiger partial charge in [-0.3, -0.25) is 9.69 Å². The molecule has 1 amide bonds. The largest absolute Gasteiger partial charge is 0.457 e. The van der Waals surface area contributed by atoms with Crippen LogP contribution in [0.2, 0.25) is 10.0 Å². The smallest absolute Gasteiger partial charge is 0.270 e. The van der Waals surface area contributed by atoms with Crippen LogP contribution in [0.5, 0.6) is 0 Å². The number of amides is 1. The number of carbonyl (C=O) groups excluding carboxylic acids is 1. The number of benzene rings is 2. The summed E-state index contributed by atoms with van der Waals surface area (Å²) in [4.78, 5) is 14.9. The molecule has 4 rings (SSSR count). The summed E-state index contributed by atoms with van der Waals surface area (Å²) in [5.74, 6) is 0.982. The van der Waals surface area contributed by atoms with E-state index >= 15 is 0 Å². The van der Waals surface area contributed by atoms with Gasteiger partial charge < -0.3 is 4.42 Å². The lowest BCUT2D eigenvalue weighted by molar-refractivity contribution is -0.113. The number of anilines is 1. The maximum Gasteiger partial charge on any atom is 0.270 e. The molecule has 2 aromatic carbocycles. The standard InChI is InChI=1S/C21H13Cl2NO2S2/c1-12-3-2-4-14(9-12)24-20(25)19(28-21(24)27)11-15-6-8-18(26-15)16-7-5-13(22)10-17(16)23/h2-11H,1H3/b19-11+. The summed E-state index contributed by atoms with van der Waals surface area (Å²) in [6.45, 7) is 1.98. The van der Waals surface area contributed by atoms with E-state index in [0.717, 1.165) is 16.8 Å². The number of halogens is 2. The third kappa shape index (κ3) is 3.76. The highest BCUT2D eigenvalue weighted by molar-refractivity contribution is 8.27. The van der Waals surface area contributed by atoms with Crippen LogP contribution in [-0.4, -0.2) is 10.2 Å². The Hall–Kier alpha value is -2.05. The summed E-state index contributed by atoms with van der Waals surface area (Å²) in [5.41, 5.74) is 2.56. The summed E-state index contributed by atoms with van der Waals surface area (Å²) < 4.78 is 6.36. The van der Waals surface area contributed by atoms with E-state index in [4.69, 9.17) is 39.8 Å². The second kappa shape index (κ2) is 7.76. The van der Waals surface area contributed by atoms with Crippen molar-refractivity contribution in [1.82, 2.24) is 0 Å². The molecule has 0 bridgehead atoms. The van der Waals surface area contributed by atoms with Gasteiger partial charge in [-0.15, -0.1) is 0 Å². The lowest BCUT2D eigenvalue weighted by atomic mass is 10.2. The molecule has 0 radical (unpaired) electrons. The quantitative estimate of drug-likeness (QED) is 0.321. The fourth-order valence-corrected chi connectivity index (χ4v) is 4.63. The third-order valence-electron chi connectivity index (χ3n) is 4.15. The summed E-state index contributed by atoms with van der Waals surface area (Å²) in [6.07, 6.45) is 1.70. The molecule has 28 heavy (non-hydrogen) atoms. The van der Waals surface area contributed by atoms with Gasteiger partial charge in [0.25, 0.3) is 5.91 Å². The Labute approximate surface area is 181 Å². The lowest BCUT2D eigenvalue weighted by Gasteiger charge is -2.14. The summed E-state index contributed by atoms with van der Waals surface area (Å²) in [6, 6.07) is 16.5. The first-order valence-corrected chi connectivity index (χ1v) is 10.3. The van der Waals surface area contributed by atoms with E-state index < -0.39 is 0 Å². The Bertz CT molecular complexity index is 1140. The first kappa shape index (κ1) is 19.3. The fourth-order valence-electron chi connectivity index (χ4n) is 2.85. The van der Waals surface area contributed by atoms with Gasteiger partial charge in [-0.2, -0.15) is 0 Å². The zero-order valence-electron chi connectivity index (χ0n) is 14.6. The molecule has 1 aromatic heterocycles. The van der Waals surface area contributed by atoms with Crippen LogP contribution in [0, 0.1) is 6.92 Å². The fraction of sp³-hybridized carbons (Fsp3) is 0.0476. The summed E-state index contributed by atoms with van der Waals surface area (Å²) in [7, 11) is 0. The van der Waals surface area contributed by atoms with Crippen LogP contribution < -0.4 is 4.90 Å². The second-order valence-electron chi connectivity index (χ2n) is 6.18. The predicted octanol–water partition coefficient (Wildman–Crippen LogP) is 6.97. The number of rotatable bonds is 3. The van der Waals surface area contributed by atoms with Gasteiger partial charge in [-0.1, -0.05) is 59.3 Å². The molecule has 1 saturated heterocycles. The highest BCUT2D eigenvalue weighted by Crippen LogP contribution is 2.37. The van der Waals surface area contributed by atoms with E-state index in [9.17, 15) is 4.79 Å². The van der Waals surface area contributed by atoms with Crippen LogP contribution >= 0.6 is 47.2 Å². The van der Waals surface area contributed by atoms with E-state index in [1.54, 1.807) is 35.2 Å². The molecular formula is C21H13Cl2NO2S2. The van der Waals surface area contributed by atoms with Gasteiger partial charge in [0, 0.05) is 16.7 Å². The third-order valence-corrected chi connectivity index (χ3v) is 6.00. The molecule has 140 valence electrons. The van der Waals surface area contributed by atoms with E-state index in [1.807, 2.05) is 37.3 Å². The zero-order valence-corrected chi connectivity index (χ0v) is 17.8. The topological polar surface area (TPSA) is 33.5 Å². The molecule has 1 aliphatic heterocycles. The maximum atomic E-state index is 12.9. The van der Waals surface area contributed by atoms with Gasteiger partial charge in [0.2, 0.25) is 0 Å².